The molecule has 0 saturated heterocycles. The highest BCUT2D eigenvalue weighted by Crippen LogP contribution is 1.87. The number of aliphatic hydroxyl groups excluding tert-OH is 1. The van der Waals surface area contributed by atoms with E-state index >= 15 is 0 Å². The second-order valence-electron chi connectivity index (χ2n) is 1.33. The second-order valence-corrected chi connectivity index (χ2v) is 1.33. The first-order chi connectivity index (χ1) is 4.18. The lowest BCUT2D eigenvalue weighted by atomic mass is 10.6. The standard InChI is InChI=1S/C6H8O3/c1-3-4-9-6(8)5(2)7/h3,7H,1-2,4H2. The largest absolute Gasteiger partial charge is 0.502 e. The lowest BCUT2D eigenvalue weighted by Crippen LogP contribution is -2.05. The smallest absolute Gasteiger partial charge is 0.373 e. The van der Waals surface area contributed by atoms with Gasteiger partial charge in [0.2, 0.25) is 0 Å². The normalized spacial score (nSPS) is 8.00. The van der Waals surface area contributed by atoms with Crippen LogP contribution in [0.5, 0.6) is 0 Å². The molecule has 0 atom stereocenters. The Labute approximate surface area is 53.3 Å². The van der Waals surface area contributed by atoms with Gasteiger partial charge in [-0.05, 0) is 6.58 Å². The molecule has 3 nitrogen and oxygen atoms in total. The Morgan fingerprint density at radius 1 is 1.78 bits per heavy atom. The van der Waals surface area contributed by atoms with Crippen molar-refractivity contribution in [1.29, 1.82) is 0 Å². The fraction of sp³-hybridized carbons (Fsp3) is 0.167. The average molecular weight is 128 g/mol. The van der Waals surface area contributed by atoms with Gasteiger partial charge in [-0.25, -0.2) is 4.79 Å². The Bertz CT molecular complexity index is 137. The van der Waals surface area contributed by atoms with Crippen molar-refractivity contribution in [1.82, 2.24) is 0 Å². The molecule has 0 aliphatic rings. The van der Waals surface area contributed by atoms with Crippen LogP contribution in [0.2, 0.25) is 0 Å². The summed E-state index contributed by atoms with van der Waals surface area (Å²) >= 11 is 0. The van der Waals surface area contributed by atoms with Crippen LogP contribution in [0, 0.1) is 0 Å². The van der Waals surface area contributed by atoms with Crippen molar-refractivity contribution in [2.75, 3.05) is 6.61 Å². The zero-order valence-corrected chi connectivity index (χ0v) is 4.96. The molecule has 0 heterocycles. The lowest BCUT2D eigenvalue weighted by Gasteiger charge is -1.96. The summed E-state index contributed by atoms with van der Waals surface area (Å²) in [5.74, 6) is -1.40. The Hall–Kier alpha value is -1.25. The molecule has 9 heavy (non-hydrogen) atoms. The number of hydrogen-bond acceptors (Lipinski definition) is 3. The lowest BCUT2D eigenvalue weighted by molar-refractivity contribution is -0.140. The van der Waals surface area contributed by atoms with Crippen LogP contribution in [-0.2, 0) is 9.53 Å². The Morgan fingerprint density at radius 2 is 2.33 bits per heavy atom. The van der Waals surface area contributed by atoms with Gasteiger partial charge in [0.15, 0.2) is 5.76 Å². The molecule has 0 aliphatic carbocycles. The molecule has 0 unspecified atom stereocenters. The average Bonchev–Trinajstić information content (AvgIpc) is 1.82. The summed E-state index contributed by atoms with van der Waals surface area (Å²) in [5, 5.41) is 8.34. The van der Waals surface area contributed by atoms with Crippen LogP contribution in [-0.4, -0.2) is 17.7 Å². The molecule has 0 aromatic rings. The van der Waals surface area contributed by atoms with Crippen molar-refractivity contribution < 1.29 is 14.6 Å². The predicted molar refractivity (Wildman–Crippen MR) is 32.9 cm³/mol. The fourth-order valence-corrected chi connectivity index (χ4v) is 0.218. The van der Waals surface area contributed by atoms with Crippen molar-refractivity contribution in [2.24, 2.45) is 0 Å². The van der Waals surface area contributed by atoms with E-state index in [0.29, 0.717) is 0 Å². The van der Waals surface area contributed by atoms with E-state index in [1.165, 1.54) is 6.08 Å². The van der Waals surface area contributed by atoms with Gasteiger partial charge in [0.25, 0.3) is 0 Å². The van der Waals surface area contributed by atoms with Gasteiger partial charge in [-0.2, -0.15) is 0 Å². The number of ether oxygens (including phenoxy) is 1. The van der Waals surface area contributed by atoms with E-state index in [-0.39, 0.29) is 6.61 Å². The van der Waals surface area contributed by atoms with E-state index in [1.54, 1.807) is 0 Å². The van der Waals surface area contributed by atoms with Crippen molar-refractivity contribution in [2.45, 2.75) is 0 Å². The Morgan fingerprint density at radius 3 is 2.67 bits per heavy atom. The van der Waals surface area contributed by atoms with E-state index < -0.39 is 11.7 Å². The molecule has 0 rings (SSSR count). The van der Waals surface area contributed by atoms with Crippen LogP contribution in [0.25, 0.3) is 0 Å². The Kier molecular flexibility index (Phi) is 3.20. The highest BCUT2D eigenvalue weighted by Gasteiger charge is 2.02. The van der Waals surface area contributed by atoms with Crippen molar-refractivity contribution in [3.63, 3.8) is 0 Å². The highest BCUT2D eigenvalue weighted by atomic mass is 16.5. The summed E-state index contributed by atoms with van der Waals surface area (Å²) in [5.41, 5.74) is 0. The summed E-state index contributed by atoms with van der Waals surface area (Å²) in [6.45, 7) is 6.35. The molecule has 0 fully saturated rings. The topological polar surface area (TPSA) is 46.5 Å². The maximum Gasteiger partial charge on any atom is 0.373 e. The number of esters is 1. The number of aliphatic hydroxyl groups is 1. The van der Waals surface area contributed by atoms with E-state index in [0.717, 1.165) is 0 Å². The third-order valence-electron chi connectivity index (χ3n) is 0.568. The fourth-order valence-electron chi connectivity index (χ4n) is 0.218. The first-order valence-corrected chi connectivity index (χ1v) is 2.34. The van der Waals surface area contributed by atoms with Gasteiger partial charge in [0.1, 0.15) is 6.61 Å². The predicted octanol–water partition coefficient (Wildman–Crippen LogP) is 0.787. The number of rotatable bonds is 3. The van der Waals surface area contributed by atoms with Gasteiger partial charge < -0.3 is 9.84 Å². The molecule has 0 aromatic carbocycles. The second kappa shape index (κ2) is 3.72. The van der Waals surface area contributed by atoms with Crippen LogP contribution in [0.1, 0.15) is 0 Å². The minimum atomic E-state index is -0.810. The molecule has 0 radical (unpaired) electrons. The van der Waals surface area contributed by atoms with Crippen molar-refractivity contribution in [3.8, 4) is 0 Å². The van der Waals surface area contributed by atoms with Crippen LogP contribution >= 0.6 is 0 Å². The molecular weight excluding hydrogens is 120 g/mol. The van der Waals surface area contributed by atoms with Crippen LogP contribution < -0.4 is 0 Å². The molecule has 3 heteroatoms. The quantitative estimate of drug-likeness (QED) is 0.264. The SMILES string of the molecule is C=CCOC(=O)C(=C)O. The zero-order valence-electron chi connectivity index (χ0n) is 4.96. The van der Waals surface area contributed by atoms with Gasteiger partial charge in [0, 0.05) is 0 Å². The molecule has 50 valence electrons. The molecule has 0 bridgehead atoms. The maximum absolute atomic E-state index is 10.3. The molecule has 1 N–H and O–H groups in total. The van der Waals surface area contributed by atoms with E-state index in [2.05, 4.69) is 17.9 Å². The first-order valence-electron chi connectivity index (χ1n) is 2.34. The third-order valence-corrected chi connectivity index (χ3v) is 0.568. The number of carbonyl (C=O) groups excluding carboxylic acids is 1. The summed E-state index contributed by atoms with van der Waals surface area (Å²) in [7, 11) is 0. The van der Waals surface area contributed by atoms with Gasteiger partial charge in [0.05, 0.1) is 0 Å². The minimum absolute atomic E-state index is 0.0956. The van der Waals surface area contributed by atoms with Gasteiger partial charge in [-0.15, -0.1) is 0 Å². The Balaban J connectivity index is 3.51. The summed E-state index contributed by atoms with van der Waals surface area (Å²) in [6, 6.07) is 0. The monoisotopic (exact) mass is 128 g/mol. The first kappa shape index (κ1) is 7.75. The van der Waals surface area contributed by atoms with Gasteiger partial charge in [-0.3, -0.25) is 0 Å². The molecule has 0 aromatic heterocycles. The van der Waals surface area contributed by atoms with Gasteiger partial charge >= 0.3 is 5.97 Å². The van der Waals surface area contributed by atoms with Crippen LogP contribution in [0.4, 0.5) is 0 Å². The third kappa shape index (κ3) is 3.34. The zero-order chi connectivity index (χ0) is 7.28. The van der Waals surface area contributed by atoms with Crippen molar-refractivity contribution in [3.05, 3.63) is 25.0 Å². The van der Waals surface area contributed by atoms with Crippen molar-refractivity contribution >= 4 is 5.97 Å². The van der Waals surface area contributed by atoms with E-state index in [4.69, 9.17) is 5.11 Å². The highest BCUT2D eigenvalue weighted by molar-refractivity contribution is 5.84. The maximum atomic E-state index is 10.3. The number of hydrogen-bond donors (Lipinski definition) is 1. The van der Waals surface area contributed by atoms with Crippen LogP contribution in [0.3, 0.4) is 0 Å². The molecule has 0 amide bonds. The molecule has 0 spiro atoms. The summed E-state index contributed by atoms with van der Waals surface area (Å²) in [4.78, 5) is 10.3. The molecular formula is C6H8O3. The molecule has 0 aliphatic heterocycles. The molecule has 0 saturated carbocycles. The van der Waals surface area contributed by atoms with Gasteiger partial charge in [-0.1, -0.05) is 12.7 Å². The van der Waals surface area contributed by atoms with Crippen LogP contribution in [0.15, 0.2) is 25.0 Å². The summed E-state index contributed by atoms with van der Waals surface area (Å²) < 4.78 is 4.35. The summed E-state index contributed by atoms with van der Waals surface area (Å²) in [6.07, 6.45) is 1.40. The number of carbonyl (C=O) groups is 1. The van der Waals surface area contributed by atoms with E-state index in [1.807, 2.05) is 0 Å². The minimum Gasteiger partial charge on any atom is -0.502 e. The van der Waals surface area contributed by atoms with E-state index in [9.17, 15) is 4.79 Å².